The van der Waals surface area contributed by atoms with E-state index in [0.29, 0.717) is 5.69 Å². The number of carbonyl (C=O) groups is 1. The number of thioether (sulfide) groups is 1. The molecule has 2 N–H and O–H groups in total. The van der Waals surface area contributed by atoms with Crippen LogP contribution in [-0.2, 0) is 4.79 Å². The van der Waals surface area contributed by atoms with Crippen LogP contribution in [0.4, 0.5) is 20.2 Å². The van der Waals surface area contributed by atoms with Crippen molar-refractivity contribution in [3.05, 3.63) is 64.2 Å². The second kappa shape index (κ2) is 8.97. The molecule has 9 heteroatoms. The van der Waals surface area contributed by atoms with Crippen LogP contribution in [0.15, 0.2) is 47.4 Å². The lowest BCUT2D eigenvalue weighted by molar-refractivity contribution is -0.384. The van der Waals surface area contributed by atoms with Gasteiger partial charge in [0.05, 0.1) is 10.7 Å². The predicted octanol–water partition coefficient (Wildman–Crippen LogP) is 3.19. The molecular formula is C16H15F2N3O3S. The van der Waals surface area contributed by atoms with Crippen LogP contribution >= 0.6 is 11.8 Å². The molecule has 0 radical (unpaired) electrons. The van der Waals surface area contributed by atoms with Crippen molar-refractivity contribution in [2.24, 2.45) is 0 Å². The molecule has 0 bridgehead atoms. The summed E-state index contributed by atoms with van der Waals surface area (Å²) >= 11 is 0.893. The van der Waals surface area contributed by atoms with E-state index in [4.69, 9.17) is 0 Å². The number of halogens is 2. The van der Waals surface area contributed by atoms with Gasteiger partial charge in [0.1, 0.15) is 17.3 Å². The lowest BCUT2D eigenvalue weighted by Crippen LogP contribution is -2.30. The normalized spacial score (nSPS) is 10.3. The lowest BCUT2D eigenvalue weighted by Gasteiger charge is -2.08. The zero-order chi connectivity index (χ0) is 18.2. The highest BCUT2D eigenvalue weighted by molar-refractivity contribution is 8.00. The quantitative estimate of drug-likeness (QED) is 0.324. The van der Waals surface area contributed by atoms with Gasteiger partial charge in [0.15, 0.2) is 0 Å². The van der Waals surface area contributed by atoms with Gasteiger partial charge in [-0.2, -0.15) is 0 Å². The Hall–Kier alpha value is -2.68. The highest BCUT2D eigenvalue weighted by Gasteiger charge is 2.12. The molecule has 0 aromatic heterocycles. The zero-order valence-corrected chi connectivity index (χ0v) is 13.8. The van der Waals surface area contributed by atoms with E-state index in [0.717, 1.165) is 30.0 Å². The fourth-order valence-electron chi connectivity index (χ4n) is 1.96. The van der Waals surface area contributed by atoms with Crippen molar-refractivity contribution in [1.82, 2.24) is 5.32 Å². The Labute approximate surface area is 146 Å². The van der Waals surface area contributed by atoms with E-state index < -0.39 is 16.6 Å². The molecule has 0 saturated carbocycles. The number of hydrogen-bond donors (Lipinski definition) is 2. The number of amides is 1. The fraction of sp³-hybridized carbons (Fsp3) is 0.188. The third-order valence-electron chi connectivity index (χ3n) is 3.12. The maximum atomic E-state index is 13.4. The molecule has 132 valence electrons. The first-order valence-electron chi connectivity index (χ1n) is 7.29. The highest BCUT2D eigenvalue weighted by atomic mass is 32.2. The van der Waals surface area contributed by atoms with Gasteiger partial charge in [-0.05, 0) is 24.3 Å². The van der Waals surface area contributed by atoms with Gasteiger partial charge < -0.3 is 10.6 Å². The highest BCUT2D eigenvalue weighted by Crippen LogP contribution is 2.23. The molecule has 0 aliphatic carbocycles. The van der Waals surface area contributed by atoms with Gasteiger partial charge in [-0.3, -0.25) is 14.9 Å². The van der Waals surface area contributed by atoms with Crippen molar-refractivity contribution >= 4 is 29.0 Å². The lowest BCUT2D eigenvalue weighted by atomic mass is 10.2. The van der Waals surface area contributed by atoms with Crippen molar-refractivity contribution in [3.8, 4) is 0 Å². The van der Waals surface area contributed by atoms with Crippen molar-refractivity contribution in [2.75, 3.05) is 24.2 Å². The average Bonchev–Trinajstić information content (AvgIpc) is 2.59. The number of anilines is 1. The van der Waals surface area contributed by atoms with Crippen LogP contribution in [0.1, 0.15) is 0 Å². The average molecular weight is 367 g/mol. The summed E-state index contributed by atoms with van der Waals surface area (Å²) in [7, 11) is 0. The first-order valence-corrected chi connectivity index (χ1v) is 8.28. The van der Waals surface area contributed by atoms with Crippen LogP contribution in [0.2, 0.25) is 0 Å². The monoisotopic (exact) mass is 367 g/mol. The minimum atomic E-state index is -0.586. The minimum absolute atomic E-state index is 0.0500. The van der Waals surface area contributed by atoms with Crippen molar-refractivity contribution < 1.29 is 18.5 Å². The second-order valence-electron chi connectivity index (χ2n) is 4.91. The van der Waals surface area contributed by atoms with Gasteiger partial charge in [0.25, 0.3) is 5.69 Å². The Balaban J connectivity index is 1.74. The third-order valence-corrected chi connectivity index (χ3v) is 4.15. The number of nitrogens with one attached hydrogen (secondary N) is 2. The number of benzene rings is 2. The van der Waals surface area contributed by atoms with E-state index in [1.54, 1.807) is 18.2 Å². The maximum absolute atomic E-state index is 13.4. The van der Waals surface area contributed by atoms with Crippen LogP contribution in [0.3, 0.4) is 0 Å². The summed E-state index contributed by atoms with van der Waals surface area (Å²) in [5.74, 6) is -1.57. The van der Waals surface area contributed by atoms with E-state index in [9.17, 15) is 23.7 Å². The van der Waals surface area contributed by atoms with Crippen LogP contribution in [0.25, 0.3) is 0 Å². The van der Waals surface area contributed by atoms with Crippen LogP contribution < -0.4 is 10.6 Å². The molecule has 0 unspecified atom stereocenters. The van der Waals surface area contributed by atoms with E-state index in [2.05, 4.69) is 10.6 Å². The summed E-state index contributed by atoms with van der Waals surface area (Å²) in [4.78, 5) is 22.2. The van der Waals surface area contributed by atoms with E-state index in [1.165, 1.54) is 6.07 Å². The topological polar surface area (TPSA) is 84.3 Å². The Morgan fingerprint density at radius 2 is 1.92 bits per heavy atom. The molecule has 25 heavy (non-hydrogen) atoms. The number of para-hydroxylation sites is 2. The van der Waals surface area contributed by atoms with Crippen molar-refractivity contribution in [2.45, 2.75) is 4.90 Å². The number of hydrogen-bond acceptors (Lipinski definition) is 5. The smallest absolute Gasteiger partial charge is 0.292 e. The summed E-state index contributed by atoms with van der Waals surface area (Å²) in [5, 5.41) is 16.3. The van der Waals surface area contributed by atoms with Crippen LogP contribution in [0.5, 0.6) is 0 Å². The largest absolute Gasteiger partial charge is 0.378 e. The molecular weight excluding hydrogens is 352 g/mol. The maximum Gasteiger partial charge on any atom is 0.292 e. The van der Waals surface area contributed by atoms with E-state index in [1.807, 2.05) is 0 Å². The van der Waals surface area contributed by atoms with Gasteiger partial charge >= 0.3 is 0 Å². The van der Waals surface area contributed by atoms with E-state index in [-0.39, 0.29) is 35.3 Å². The second-order valence-corrected chi connectivity index (χ2v) is 5.93. The van der Waals surface area contributed by atoms with Crippen LogP contribution in [-0.4, -0.2) is 29.7 Å². The third kappa shape index (κ3) is 5.71. The summed E-state index contributed by atoms with van der Waals surface area (Å²) in [6, 6.07) is 9.23. The first-order chi connectivity index (χ1) is 12.0. The number of nitro groups is 1. The molecule has 0 saturated heterocycles. The molecule has 0 atom stereocenters. The molecule has 0 aliphatic heterocycles. The molecule has 2 aromatic rings. The predicted molar refractivity (Wildman–Crippen MR) is 91.7 cm³/mol. The molecule has 2 rings (SSSR count). The summed E-state index contributed by atoms with van der Waals surface area (Å²) in [5.41, 5.74) is 0.309. The standard InChI is InChI=1S/C16H15F2N3O3S/c17-11-5-6-12(18)15(9-11)25-10-16(22)20-8-7-19-13-3-1-2-4-14(13)21(23)24/h1-6,9,19H,7-8,10H2,(H,20,22). The molecule has 2 aromatic carbocycles. The van der Waals surface area contributed by atoms with E-state index >= 15 is 0 Å². The number of nitrogens with zero attached hydrogens (tertiary/aromatic N) is 1. The number of nitro benzene ring substituents is 1. The Morgan fingerprint density at radius 1 is 1.16 bits per heavy atom. The Kier molecular flexibility index (Phi) is 6.70. The molecule has 6 nitrogen and oxygen atoms in total. The molecule has 0 aliphatic rings. The number of rotatable bonds is 8. The van der Waals surface area contributed by atoms with Gasteiger partial charge in [-0.1, -0.05) is 12.1 Å². The Morgan fingerprint density at radius 3 is 2.68 bits per heavy atom. The Bertz CT molecular complexity index is 774. The summed E-state index contributed by atoms with van der Waals surface area (Å²) in [6.07, 6.45) is 0. The fourth-order valence-corrected chi connectivity index (χ4v) is 2.75. The summed E-state index contributed by atoms with van der Waals surface area (Å²) in [6.45, 7) is 0.520. The van der Waals surface area contributed by atoms with Gasteiger partial charge in [0, 0.05) is 24.1 Å². The molecule has 1 amide bonds. The van der Waals surface area contributed by atoms with Crippen molar-refractivity contribution in [1.29, 1.82) is 0 Å². The zero-order valence-electron chi connectivity index (χ0n) is 13.0. The molecule has 0 spiro atoms. The van der Waals surface area contributed by atoms with Gasteiger partial charge in [0.2, 0.25) is 5.91 Å². The SMILES string of the molecule is O=C(CSc1cc(F)ccc1F)NCCNc1ccccc1[N+](=O)[O-]. The van der Waals surface area contributed by atoms with Gasteiger partial charge in [-0.25, -0.2) is 8.78 Å². The van der Waals surface area contributed by atoms with Crippen LogP contribution in [0, 0.1) is 21.7 Å². The number of carbonyl (C=O) groups excluding carboxylic acids is 1. The summed E-state index contributed by atoms with van der Waals surface area (Å²) < 4.78 is 26.5. The first kappa shape index (κ1) is 18.7. The molecule has 0 heterocycles. The van der Waals surface area contributed by atoms with Gasteiger partial charge in [-0.15, -0.1) is 11.8 Å². The molecule has 0 fully saturated rings. The van der Waals surface area contributed by atoms with Crippen molar-refractivity contribution in [3.63, 3.8) is 0 Å². The minimum Gasteiger partial charge on any atom is -0.378 e.